The van der Waals surface area contributed by atoms with Gasteiger partial charge in [0.2, 0.25) is 17.7 Å². The number of hydrogen-bond donors (Lipinski definition) is 8. The highest BCUT2D eigenvalue weighted by Gasteiger charge is 2.29. The summed E-state index contributed by atoms with van der Waals surface area (Å²) in [5, 5.41) is 31.4. The van der Waals surface area contributed by atoms with Crippen molar-refractivity contribution in [2.45, 2.75) is 97.2 Å². The van der Waals surface area contributed by atoms with Crippen molar-refractivity contribution in [3.8, 4) is 12.0 Å². The Hall–Kier alpha value is -7.25. The minimum Gasteiger partial charge on any atom is -0.480 e. The second-order valence-electron chi connectivity index (χ2n) is 17.6. The molecule has 5 rings (SSSR count). The molecule has 1 unspecified atom stereocenters. The van der Waals surface area contributed by atoms with E-state index in [1.807, 2.05) is 31.2 Å². The highest BCUT2D eigenvalue weighted by Crippen LogP contribution is 2.26. The number of imidazole rings is 1. The number of nitrogen functional groups attached to an aromatic ring is 1. The molecule has 402 valence electrons. The van der Waals surface area contributed by atoms with Crippen LogP contribution in [0.5, 0.6) is 12.0 Å². The standard InChI is InChI=1S/C50H69N11O13/c1-4-7-37(30-62)74-48-58-44(52)43-45(59-48)61(49(68)57-43)29-34-11-9-33(10-12-34)28-53-50(69)73-31-35-13-15-36(16-14-35)54-46(66)38(8-5-6-20-51)55-47(67)42(32(2)3)56-39(63)19-22-70-24-26-72-27-25-71-23-21-60-40(64)17-18-41(60)65/h9-18,32,37-38,42,62H,4-8,19-31,51H2,1-3H3,(H,53,69)(H,54,66)(H,55,67)(H,56,63)(H,57,68)(H2,52,58,59)/t37?,38-,42-/m0/s1. The molecule has 3 atom stereocenters. The number of imide groups is 1. The molecule has 0 aliphatic carbocycles. The van der Waals surface area contributed by atoms with Crippen LogP contribution in [-0.2, 0) is 62.6 Å². The number of hydrogen-bond acceptors (Lipinski definition) is 18. The number of aliphatic hydroxyl groups excluding tert-OH is 1. The summed E-state index contributed by atoms with van der Waals surface area (Å²) >= 11 is 0. The summed E-state index contributed by atoms with van der Waals surface area (Å²) < 4.78 is 29.0. The number of fused-ring (bicyclic) bond motifs is 1. The number of carbonyl (C=O) groups excluding carboxylic acids is 6. The molecule has 24 nitrogen and oxygen atoms in total. The average Bonchev–Trinajstić information content (AvgIpc) is 3.88. The van der Waals surface area contributed by atoms with Gasteiger partial charge in [0.25, 0.3) is 17.8 Å². The third-order valence-corrected chi connectivity index (χ3v) is 11.5. The Morgan fingerprint density at radius 1 is 0.784 bits per heavy atom. The van der Waals surface area contributed by atoms with Gasteiger partial charge in [-0.15, -0.1) is 0 Å². The molecule has 0 bridgehead atoms. The van der Waals surface area contributed by atoms with Crippen LogP contribution in [0.25, 0.3) is 11.2 Å². The molecule has 0 saturated carbocycles. The van der Waals surface area contributed by atoms with Crippen molar-refractivity contribution in [2.24, 2.45) is 11.7 Å². The van der Waals surface area contributed by atoms with E-state index in [-0.39, 0.29) is 126 Å². The van der Waals surface area contributed by atoms with Crippen LogP contribution in [0, 0.1) is 5.92 Å². The summed E-state index contributed by atoms with van der Waals surface area (Å²) in [5.74, 6) is -2.37. The number of anilines is 2. The third kappa shape index (κ3) is 18.4. The van der Waals surface area contributed by atoms with Crippen LogP contribution in [0.2, 0.25) is 0 Å². The summed E-state index contributed by atoms with van der Waals surface area (Å²) in [6.45, 7) is 7.50. The molecule has 2 aromatic carbocycles. The smallest absolute Gasteiger partial charge is 0.407 e. The maximum absolute atomic E-state index is 13.5. The lowest BCUT2D eigenvalue weighted by Crippen LogP contribution is -2.54. The second kappa shape index (κ2) is 30.1. The zero-order valence-electron chi connectivity index (χ0n) is 42.1. The topological polar surface area (TPSA) is 336 Å². The first-order chi connectivity index (χ1) is 35.7. The Morgan fingerprint density at radius 3 is 2.08 bits per heavy atom. The van der Waals surface area contributed by atoms with E-state index >= 15 is 0 Å². The average molecular weight is 1030 g/mol. The number of amides is 6. The van der Waals surface area contributed by atoms with Gasteiger partial charge in [-0.2, -0.15) is 15.0 Å². The van der Waals surface area contributed by atoms with Crippen molar-refractivity contribution >= 4 is 58.3 Å². The molecular weight excluding hydrogens is 963 g/mol. The number of alkyl carbamates (subject to hydrolysis) is 1. The Bertz CT molecular complexity index is 2490. The summed E-state index contributed by atoms with van der Waals surface area (Å²) in [7, 11) is 0. The second-order valence-corrected chi connectivity index (χ2v) is 17.6. The van der Waals surface area contributed by atoms with Crippen molar-refractivity contribution in [3.63, 3.8) is 0 Å². The van der Waals surface area contributed by atoms with Crippen LogP contribution in [0.15, 0.2) is 60.7 Å². The molecule has 24 heteroatoms. The monoisotopic (exact) mass is 1030 g/mol. The van der Waals surface area contributed by atoms with Crippen LogP contribution in [0.4, 0.5) is 16.3 Å². The number of nitrogens with zero attached hydrogens (tertiary/aromatic N) is 5. The van der Waals surface area contributed by atoms with E-state index < -0.39 is 42.0 Å². The lowest BCUT2D eigenvalue weighted by Gasteiger charge is -2.25. The van der Waals surface area contributed by atoms with Gasteiger partial charge in [0, 0.05) is 30.8 Å². The fourth-order valence-electron chi connectivity index (χ4n) is 7.40. The van der Waals surface area contributed by atoms with Gasteiger partial charge in [0.1, 0.15) is 24.8 Å². The van der Waals surface area contributed by atoms with Crippen molar-refractivity contribution in [1.82, 2.24) is 40.4 Å². The van der Waals surface area contributed by atoms with Gasteiger partial charge in [-0.05, 0) is 67.0 Å². The highest BCUT2D eigenvalue weighted by molar-refractivity contribution is 6.12. The van der Waals surface area contributed by atoms with E-state index in [4.69, 9.17) is 35.2 Å². The van der Waals surface area contributed by atoms with Crippen LogP contribution in [-0.4, -0.2) is 148 Å². The quantitative estimate of drug-likeness (QED) is 0.0250. The molecule has 1 aliphatic rings. The summed E-state index contributed by atoms with van der Waals surface area (Å²) in [5.41, 5.74) is 15.0. The van der Waals surface area contributed by atoms with Gasteiger partial charge in [0.05, 0.1) is 59.3 Å². The van der Waals surface area contributed by atoms with E-state index in [2.05, 4.69) is 36.2 Å². The van der Waals surface area contributed by atoms with Crippen LogP contribution in [0.1, 0.15) is 76.0 Å². The maximum atomic E-state index is 13.5. The Morgan fingerprint density at radius 2 is 1.43 bits per heavy atom. The zero-order valence-corrected chi connectivity index (χ0v) is 42.1. The molecule has 4 aromatic rings. The van der Waals surface area contributed by atoms with Crippen molar-refractivity contribution < 1.29 is 62.7 Å². The van der Waals surface area contributed by atoms with E-state index in [0.717, 1.165) is 22.4 Å². The molecule has 1 aliphatic heterocycles. The molecule has 6 amide bonds. The molecule has 3 heterocycles. The predicted octanol–water partition coefficient (Wildman–Crippen LogP) is 2.19. The number of rotatable bonds is 33. The predicted molar refractivity (Wildman–Crippen MR) is 270 cm³/mol. The van der Waals surface area contributed by atoms with Crippen LogP contribution >= 0.6 is 0 Å². The molecule has 74 heavy (non-hydrogen) atoms. The fourth-order valence-corrected chi connectivity index (χ4v) is 7.40. The Balaban J connectivity index is 1.01. The summed E-state index contributed by atoms with van der Waals surface area (Å²) in [6.07, 6.45) is 4.15. The molecule has 2 aromatic heterocycles. The number of benzene rings is 2. The number of aliphatic hydroxyl groups is 1. The normalized spacial score (nSPS) is 13.5. The Kier molecular flexibility index (Phi) is 23.4. The highest BCUT2D eigenvalue weighted by atomic mass is 16.6. The van der Waals surface area contributed by atoms with Crippen molar-refractivity contribution in [1.29, 1.82) is 0 Å². The first-order valence-corrected chi connectivity index (χ1v) is 24.6. The van der Waals surface area contributed by atoms with Crippen LogP contribution in [0.3, 0.4) is 0 Å². The van der Waals surface area contributed by atoms with Gasteiger partial charge in [0.15, 0.2) is 17.0 Å². The lowest BCUT2D eigenvalue weighted by molar-refractivity contribution is -0.137. The molecular formula is C50H69N11O13. The number of ether oxygens (including phenoxy) is 5. The first kappa shape index (κ1) is 57.6. The van der Waals surface area contributed by atoms with Gasteiger partial charge in [-0.3, -0.25) is 33.4 Å². The summed E-state index contributed by atoms with van der Waals surface area (Å²) in [6, 6.07) is 11.8. The fraction of sp³-hybridized carbons (Fsp3) is 0.500. The maximum Gasteiger partial charge on any atom is 0.407 e. The third-order valence-electron chi connectivity index (χ3n) is 11.5. The van der Waals surface area contributed by atoms with E-state index in [0.29, 0.717) is 43.5 Å². The molecule has 0 radical (unpaired) electrons. The number of nitrogens with two attached hydrogens (primary N) is 2. The zero-order chi connectivity index (χ0) is 53.4. The lowest BCUT2D eigenvalue weighted by atomic mass is 10.0. The minimum atomic E-state index is -0.925. The van der Waals surface area contributed by atoms with Gasteiger partial charge in [-0.1, -0.05) is 63.6 Å². The number of aromatic hydroxyl groups is 1. The van der Waals surface area contributed by atoms with E-state index in [9.17, 15) is 39.0 Å². The molecule has 10 N–H and O–H groups in total. The number of carbonyl (C=O) groups is 6. The van der Waals surface area contributed by atoms with E-state index in [1.165, 1.54) is 16.7 Å². The molecule has 0 saturated heterocycles. The van der Waals surface area contributed by atoms with Gasteiger partial charge >= 0.3 is 12.1 Å². The number of nitrogens with one attached hydrogen (secondary N) is 4. The molecule has 0 fully saturated rings. The van der Waals surface area contributed by atoms with Gasteiger partial charge in [-0.25, -0.2) is 4.79 Å². The minimum absolute atomic E-state index is 0.00905. The molecule has 0 spiro atoms. The largest absolute Gasteiger partial charge is 0.480 e. The van der Waals surface area contributed by atoms with Crippen molar-refractivity contribution in [2.75, 3.05) is 70.4 Å². The van der Waals surface area contributed by atoms with E-state index in [1.54, 1.807) is 38.1 Å². The SMILES string of the molecule is CCCC(CO)Oc1nc(N)c2nc(O)n(Cc3ccc(CNC(=O)OCc4ccc(NC(=O)[C@H](CCCCN)NC(=O)[C@@H](NC(=O)CCOCCOCCOCCN5C(=O)C=CC5=O)C(C)C)cc4)cc3)c2n1. The summed E-state index contributed by atoms with van der Waals surface area (Å²) in [4.78, 5) is 89.4. The van der Waals surface area contributed by atoms with Gasteiger partial charge < -0.3 is 66.6 Å². The first-order valence-electron chi connectivity index (χ1n) is 24.6. The number of aromatic nitrogens is 4. The van der Waals surface area contributed by atoms with Crippen LogP contribution < -0.4 is 37.5 Å². The Labute approximate surface area is 428 Å². The van der Waals surface area contributed by atoms with Crippen molar-refractivity contribution in [3.05, 3.63) is 77.4 Å². The number of unbranched alkanes of at least 4 members (excludes halogenated alkanes) is 1.